The topological polar surface area (TPSA) is 34.2 Å². The Kier molecular flexibility index (Phi) is 4.61. The normalized spacial score (nSPS) is 13.2. The predicted octanol–water partition coefficient (Wildman–Crippen LogP) is 3.89. The Hall–Kier alpha value is -1.60. The van der Waals surface area contributed by atoms with Crippen LogP contribution in [-0.2, 0) is 6.54 Å². The largest absolute Gasteiger partial charge is 0.573 e. The molecule has 1 aromatic carbocycles. The van der Waals surface area contributed by atoms with Gasteiger partial charge in [-0.1, -0.05) is 12.1 Å². The minimum atomic E-state index is -4.66. The zero-order chi connectivity index (χ0) is 14.6. The molecule has 0 saturated heterocycles. The van der Waals surface area contributed by atoms with E-state index in [-0.39, 0.29) is 11.8 Å². The monoisotopic (exact) mass is 302 g/mol. The molecule has 0 aliphatic heterocycles. The summed E-state index contributed by atoms with van der Waals surface area (Å²) in [7, 11) is 0. The van der Waals surface area contributed by atoms with Crippen molar-refractivity contribution < 1.29 is 17.9 Å². The highest BCUT2D eigenvalue weighted by Crippen LogP contribution is 2.24. The molecule has 0 aliphatic rings. The molecule has 0 spiro atoms. The van der Waals surface area contributed by atoms with Crippen LogP contribution >= 0.6 is 11.3 Å². The Morgan fingerprint density at radius 3 is 2.55 bits per heavy atom. The highest BCUT2D eigenvalue weighted by atomic mass is 32.1. The first-order valence-corrected chi connectivity index (χ1v) is 6.78. The number of hydrogen-bond acceptors (Lipinski definition) is 4. The van der Waals surface area contributed by atoms with E-state index in [0.29, 0.717) is 6.54 Å². The van der Waals surface area contributed by atoms with Gasteiger partial charge in [-0.3, -0.25) is 4.98 Å². The summed E-state index contributed by atoms with van der Waals surface area (Å²) in [5, 5.41) is 3.28. The second kappa shape index (κ2) is 6.23. The maximum absolute atomic E-state index is 12.0. The lowest BCUT2D eigenvalue weighted by molar-refractivity contribution is -0.274. The van der Waals surface area contributed by atoms with Crippen LogP contribution in [0.15, 0.2) is 36.0 Å². The second-order valence-electron chi connectivity index (χ2n) is 4.19. The lowest BCUT2D eigenvalue weighted by atomic mass is 10.1. The lowest BCUT2D eigenvalue weighted by Crippen LogP contribution is -2.18. The number of benzene rings is 1. The molecule has 7 heteroatoms. The van der Waals surface area contributed by atoms with Crippen molar-refractivity contribution in [3.63, 3.8) is 0 Å². The molecule has 0 fully saturated rings. The van der Waals surface area contributed by atoms with E-state index in [4.69, 9.17) is 0 Å². The molecule has 20 heavy (non-hydrogen) atoms. The van der Waals surface area contributed by atoms with Crippen LogP contribution in [-0.4, -0.2) is 11.3 Å². The van der Waals surface area contributed by atoms with Gasteiger partial charge in [0, 0.05) is 23.7 Å². The van der Waals surface area contributed by atoms with Crippen molar-refractivity contribution >= 4 is 11.3 Å². The van der Waals surface area contributed by atoms with E-state index in [1.165, 1.54) is 12.1 Å². The third kappa shape index (κ3) is 4.50. The van der Waals surface area contributed by atoms with Crippen molar-refractivity contribution in [2.24, 2.45) is 0 Å². The minimum Gasteiger partial charge on any atom is -0.406 e. The average molecular weight is 302 g/mol. The molecule has 1 unspecified atom stereocenters. The van der Waals surface area contributed by atoms with Gasteiger partial charge in [-0.25, -0.2) is 0 Å². The highest BCUT2D eigenvalue weighted by Gasteiger charge is 2.30. The fourth-order valence-electron chi connectivity index (χ4n) is 1.66. The van der Waals surface area contributed by atoms with E-state index in [0.717, 1.165) is 10.4 Å². The zero-order valence-electron chi connectivity index (χ0n) is 10.6. The molecular formula is C13H13F3N2OS. The van der Waals surface area contributed by atoms with Crippen molar-refractivity contribution in [2.75, 3.05) is 0 Å². The van der Waals surface area contributed by atoms with E-state index in [1.807, 2.05) is 6.92 Å². The van der Waals surface area contributed by atoms with Crippen LogP contribution in [0.2, 0.25) is 0 Å². The van der Waals surface area contributed by atoms with Gasteiger partial charge in [0.25, 0.3) is 0 Å². The standard InChI is InChI=1S/C13H13F3N2OS/c1-9(18-7-12-6-17-8-20-12)10-2-4-11(5-3-10)19-13(14,15)16/h2-6,8-9,18H,7H2,1H3. The van der Waals surface area contributed by atoms with Crippen LogP contribution in [0.25, 0.3) is 0 Å². The van der Waals surface area contributed by atoms with Crippen LogP contribution in [0.5, 0.6) is 5.75 Å². The summed E-state index contributed by atoms with van der Waals surface area (Å²) in [5.41, 5.74) is 2.65. The van der Waals surface area contributed by atoms with Crippen molar-refractivity contribution in [1.82, 2.24) is 10.3 Å². The van der Waals surface area contributed by atoms with Gasteiger partial charge in [0.1, 0.15) is 5.75 Å². The SMILES string of the molecule is CC(NCc1cncs1)c1ccc(OC(F)(F)F)cc1. The van der Waals surface area contributed by atoms with Crippen molar-refractivity contribution in [1.29, 1.82) is 0 Å². The Bertz CT molecular complexity index is 526. The number of aromatic nitrogens is 1. The summed E-state index contributed by atoms with van der Waals surface area (Å²) >= 11 is 1.55. The Morgan fingerprint density at radius 1 is 1.30 bits per heavy atom. The van der Waals surface area contributed by atoms with E-state index in [1.54, 1.807) is 35.2 Å². The Morgan fingerprint density at radius 2 is 2.00 bits per heavy atom. The fraction of sp³-hybridized carbons (Fsp3) is 0.308. The molecule has 2 rings (SSSR count). The van der Waals surface area contributed by atoms with Gasteiger partial charge in [0.05, 0.1) is 5.51 Å². The summed E-state index contributed by atoms with van der Waals surface area (Å²) in [6.45, 7) is 2.62. The highest BCUT2D eigenvalue weighted by molar-refractivity contribution is 7.09. The number of nitrogens with one attached hydrogen (secondary N) is 1. The maximum atomic E-state index is 12.0. The van der Waals surface area contributed by atoms with E-state index in [2.05, 4.69) is 15.0 Å². The molecule has 1 heterocycles. The van der Waals surface area contributed by atoms with Crippen molar-refractivity contribution in [3.05, 3.63) is 46.4 Å². The zero-order valence-corrected chi connectivity index (χ0v) is 11.5. The maximum Gasteiger partial charge on any atom is 0.573 e. The Balaban J connectivity index is 1.91. The number of thiazole rings is 1. The smallest absolute Gasteiger partial charge is 0.406 e. The molecular weight excluding hydrogens is 289 g/mol. The summed E-state index contributed by atoms with van der Waals surface area (Å²) < 4.78 is 39.9. The molecule has 0 bridgehead atoms. The number of halogens is 3. The second-order valence-corrected chi connectivity index (χ2v) is 5.16. The number of rotatable bonds is 5. The lowest BCUT2D eigenvalue weighted by Gasteiger charge is -2.14. The summed E-state index contributed by atoms with van der Waals surface area (Å²) in [4.78, 5) is 5.08. The van der Waals surface area contributed by atoms with Crippen molar-refractivity contribution in [2.45, 2.75) is 25.9 Å². The van der Waals surface area contributed by atoms with Gasteiger partial charge >= 0.3 is 6.36 Å². The summed E-state index contributed by atoms with van der Waals surface area (Å²) in [6, 6.07) is 5.88. The Labute approximate surface area is 118 Å². The van der Waals surface area contributed by atoms with Crippen molar-refractivity contribution in [3.8, 4) is 5.75 Å². The third-order valence-electron chi connectivity index (χ3n) is 2.68. The first-order valence-electron chi connectivity index (χ1n) is 5.90. The van der Waals surface area contributed by atoms with Gasteiger partial charge in [-0.05, 0) is 24.6 Å². The first-order chi connectivity index (χ1) is 9.44. The average Bonchev–Trinajstić information content (AvgIpc) is 2.88. The van der Waals surface area contributed by atoms with E-state index in [9.17, 15) is 13.2 Å². The molecule has 0 aliphatic carbocycles. The number of ether oxygens (including phenoxy) is 1. The van der Waals surface area contributed by atoms with Crippen LogP contribution in [0.3, 0.4) is 0 Å². The van der Waals surface area contributed by atoms with Gasteiger partial charge in [-0.2, -0.15) is 0 Å². The van der Waals surface area contributed by atoms with E-state index < -0.39 is 6.36 Å². The van der Waals surface area contributed by atoms with Gasteiger partial charge in [0.2, 0.25) is 0 Å². The molecule has 0 amide bonds. The van der Waals surface area contributed by atoms with Crippen LogP contribution in [0, 0.1) is 0 Å². The molecule has 1 atom stereocenters. The quantitative estimate of drug-likeness (QED) is 0.909. The van der Waals surface area contributed by atoms with Crippen LogP contribution in [0.4, 0.5) is 13.2 Å². The van der Waals surface area contributed by atoms with Gasteiger partial charge < -0.3 is 10.1 Å². The number of hydrogen-bond donors (Lipinski definition) is 1. The summed E-state index contributed by atoms with van der Waals surface area (Å²) in [5.74, 6) is -0.212. The molecule has 1 N–H and O–H groups in total. The molecule has 1 aromatic heterocycles. The van der Waals surface area contributed by atoms with Gasteiger partial charge in [-0.15, -0.1) is 24.5 Å². The minimum absolute atomic E-state index is 0.0250. The molecule has 108 valence electrons. The van der Waals surface area contributed by atoms with E-state index >= 15 is 0 Å². The number of alkyl halides is 3. The molecule has 0 saturated carbocycles. The predicted molar refractivity (Wildman–Crippen MR) is 70.5 cm³/mol. The number of nitrogens with zero attached hydrogens (tertiary/aromatic N) is 1. The molecule has 2 aromatic rings. The third-order valence-corrected chi connectivity index (χ3v) is 3.46. The van der Waals surface area contributed by atoms with Crippen LogP contribution < -0.4 is 10.1 Å². The van der Waals surface area contributed by atoms with Gasteiger partial charge in [0.15, 0.2) is 0 Å². The van der Waals surface area contributed by atoms with Crippen LogP contribution in [0.1, 0.15) is 23.4 Å². The molecule has 3 nitrogen and oxygen atoms in total. The first kappa shape index (κ1) is 14.8. The summed E-state index contributed by atoms with van der Waals surface area (Å²) in [6.07, 6.45) is -2.87. The fourth-order valence-corrected chi connectivity index (χ4v) is 2.20. The molecule has 0 radical (unpaired) electrons.